The Morgan fingerprint density at radius 2 is 2.25 bits per heavy atom. The summed E-state index contributed by atoms with van der Waals surface area (Å²) in [6.45, 7) is 0.499. The van der Waals surface area contributed by atoms with Gasteiger partial charge in [-0.2, -0.15) is 0 Å². The van der Waals surface area contributed by atoms with Crippen molar-refractivity contribution in [1.29, 1.82) is 0 Å². The number of aliphatic hydroxyl groups excluding tert-OH is 1. The zero-order valence-corrected chi connectivity index (χ0v) is 11.5. The summed E-state index contributed by atoms with van der Waals surface area (Å²) >= 11 is 5.90. The SMILES string of the molecule is O=C(O)CCCn1ccnc1C(O)c1cccc(Cl)c1. The summed E-state index contributed by atoms with van der Waals surface area (Å²) in [5, 5.41) is 19.5. The van der Waals surface area contributed by atoms with Gasteiger partial charge in [0.25, 0.3) is 0 Å². The molecule has 0 aliphatic rings. The molecule has 1 heterocycles. The number of carbonyl (C=O) groups is 1. The molecule has 2 aromatic rings. The van der Waals surface area contributed by atoms with Crippen LogP contribution in [0.4, 0.5) is 0 Å². The molecule has 0 aliphatic heterocycles. The Morgan fingerprint density at radius 3 is 2.95 bits per heavy atom. The fourth-order valence-electron chi connectivity index (χ4n) is 1.98. The van der Waals surface area contributed by atoms with E-state index in [2.05, 4.69) is 4.98 Å². The first-order valence-electron chi connectivity index (χ1n) is 6.24. The van der Waals surface area contributed by atoms with Crippen LogP contribution < -0.4 is 0 Å². The number of aliphatic hydroxyl groups is 1. The minimum atomic E-state index is -0.881. The third-order valence-electron chi connectivity index (χ3n) is 2.95. The molecule has 0 spiro atoms. The van der Waals surface area contributed by atoms with Crippen LogP contribution >= 0.6 is 11.6 Å². The predicted octanol–water partition coefficient (Wildman–Crippen LogP) is 2.48. The van der Waals surface area contributed by atoms with E-state index in [4.69, 9.17) is 16.7 Å². The highest BCUT2D eigenvalue weighted by Crippen LogP contribution is 2.23. The lowest BCUT2D eigenvalue weighted by Crippen LogP contribution is -2.10. The zero-order chi connectivity index (χ0) is 14.5. The van der Waals surface area contributed by atoms with E-state index in [0.29, 0.717) is 29.4 Å². The van der Waals surface area contributed by atoms with Crippen molar-refractivity contribution in [2.75, 3.05) is 0 Å². The maximum atomic E-state index is 10.5. The third-order valence-corrected chi connectivity index (χ3v) is 3.18. The smallest absolute Gasteiger partial charge is 0.303 e. The van der Waals surface area contributed by atoms with Crippen LogP contribution in [0.25, 0.3) is 0 Å². The van der Waals surface area contributed by atoms with Crippen molar-refractivity contribution in [3.63, 3.8) is 0 Å². The Hall–Kier alpha value is -1.85. The van der Waals surface area contributed by atoms with E-state index in [9.17, 15) is 9.90 Å². The molecule has 2 N–H and O–H groups in total. The van der Waals surface area contributed by atoms with Crippen molar-refractivity contribution in [2.45, 2.75) is 25.5 Å². The van der Waals surface area contributed by atoms with Gasteiger partial charge in [0.2, 0.25) is 0 Å². The van der Waals surface area contributed by atoms with Crippen molar-refractivity contribution in [2.24, 2.45) is 0 Å². The summed E-state index contributed by atoms with van der Waals surface area (Å²) in [5.41, 5.74) is 0.656. The first-order chi connectivity index (χ1) is 9.58. The second-order valence-electron chi connectivity index (χ2n) is 4.43. The van der Waals surface area contributed by atoms with Gasteiger partial charge in [0.1, 0.15) is 11.9 Å². The van der Waals surface area contributed by atoms with Crippen LogP contribution in [0.2, 0.25) is 5.02 Å². The maximum absolute atomic E-state index is 10.5. The molecule has 0 aliphatic carbocycles. The van der Waals surface area contributed by atoms with Crippen molar-refractivity contribution < 1.29 is 15.0 Å². The number of hydrogen-bond donors (Lipinski definition) is 2. The van der Waals surface area contributed by atoms with Gasteiger partial charge in [-0.25, -0.2) is 4.98 Å². The second-order valence-corrected chi connectivity index (χ2v) is 4.87. The molecular weight excluding hydrogens is 280 g/mol. The number of carboxylic acid groups (broad SMARTS) is 1. The van der Waals surface area contributed by atoms with Gasteiger partial charge in [0.15, 0.2) is 0 Å². The largest absolute Gasteiger partial charge is 0.481 e. The third kappa shape index (κ3) is 3.59. The molecule has 0 saturated carbocycles. The number of aromatic nitrogens is 2. The molecule has 106 valence electrons. The Bertz CT molecular complexity index is 598. The molecule has 1 atom stereocenters. The molecule has 0 amide bonds. The number of halogens is 1. The Balaban J connectivity index is 2.12. The number of rotatable bonds is 6. The van der Waals surface area contributed by atoms with Crippen LogP contribution in [0.15, 0.2) is 36.7 Å². The number of aryl methyl sites for hydroxylation is 1. The van der Waals surface area contributed by atoms with E-state index in [0.717, 1.165) is 0 Å². The molecule has 2 rings (SSSR count). The number of hydrogen-bond acceptors (Lipinski definition) is 3. The van der Waals surface area contributed by atoms with Crippen LogP contribution in [-0.2, 0) is 11.3 Å². The molecule has 0 saturated heterocycles. The van der Waals surface area contributed by atoms with Crippen molar-refractivity contribution >= 4 is 17.6 Å². The minimum Gasteiger partial charge on any atom is -0.481 e. The average Bonchev–Trinajstić information content (AvgIpc) is 2.86. The Labute approximate surface area is 121 Å². The van der Waals surface area contributed by atoms with Gasteiger partial charge in [0, 0.05) is 30.4 Å². The van der Waals surface area contributed by atoms with Gasteiger partial charge >= 0.3 is 5.97 Å². The average molecular weight is 295 g/mol. The number of carboxylic acids is 1. The quantitative estimate of drug-likeness (QED) is 0.858. The molecule has 1 aromatic carbocycles. The standard InChI is InChI=1S/C14H15ClN2O3/c15-11-4-1-3-10(9-11)13(20)14-16-6-8-17(14)7-2-5-12(18)19/h1,3-4,6,8-9,13,20H,2,5,7H2,(H,18,19). The lowest BCUT2D eigenvalue weighted by atomic mass is 10.1. The van der Waals surface area contributed by atoms with Gasteiger partial charge in [-0.1, -0.05) is 23.7 Å². The summed E-state index contributed by atoms with van der Waals surface area (Å²) in [6.07, 6.45) is 3.01. The number of aliphatic carboxylic acids is 1. The van der Waals surface area contributed by atoms with Gasteiger partial charge < -0.3 is 14.8 Å². The van der Waals surface area contributed by atoms with Crippen molar-refractivity contribution in [1.82, 2.24) is 9.55 Å². The highest BCUT2D eigenvalue weighted by molar-refractivity contribution is 6.30. The fourth-order valence-corrected chi connectivity index (χ4v) is 2.18. The van der Waals surface area contributed by atoms with E-state index in [1.54, 1.807) is 41.2 Å². The molecule has 1 aromatic heterocycles. The first-order valence-corrected chi connectivity index (χ1v) is 6.62. The van der Waals surface area contributed by atoms with E-state index in [1.165, 1.54) is 0 Å². The van der Waals surface area contributed by atoms with E-state index in [1.807, 2.05) is 0 Å². The molecular formula is C14H15ClN2O3. The van der Waals surface area contributed by atoms with E-state index < -0.39 is 12.1 Å². The van der Waals surface area contributed by atoms with Crippen molar-refractivity contribution in [3.8, 4) is 0 Å². The molecule has 0 fully saturated rings. The van der Waals surface area contributed by atoms with Gasteiger partial charge in [-0.05, 0) is 24.1 Å². The molecule has 1 unspecified atom stereocenters. The summed E-state index contributed by atoms with van der Waals surface area (Å²) < 4.78 is 1.76. The van der Waals surface area contributed by atoms with Gasteiger partial charge in [-0.3, -0.25) is 4.79 Å². The van der Waals surface area contributed by atoms with Crippen LogP contribution in [0.5, 0.6) is 0 Å². The topological polar surface area (TPSA) is 75.3 Å². The lowest BCUT2D eigenvalue weighted by molar-refractivity contribution is -0.137. The minimum absolute atomic E-state index is 0.0882. The van der Waals surface area contributed by atoms with E-state index in [-0.39, 0.29) is 6.42 Å². The number of benzene rings is 1. The molecule has 0 radical (unpaired) electrons. The lowest BCUT2D eigenvalue weighted by Gasteiger charge is -2.13. The van der Waals surface area contributed by atoms with Crippen molar-refractivity contribution in [3.05, 3.63) is 53.1 Å². The number of imidazole rings is 1. The molecule has 6 heteroatoms. The zero-order valence-electron chi connectivity index (χ0n) is 10.7. The molecule has 5 nitrogen and oxygen atoms in total. The van der Waals surface area contributed by atoms with Gasteiger partial charge in [0.05, 0.1) is 0 Å². The van der Waals surface area contributed by atoms with Crippen LogP contribution in [0.1, 0.15) is 30.3 Å². The van der Waals surface area contributed by atoms with E-state index >= 15 is 0 Å². The molecule has 0 bridgehead atoms. The summed E-state index contributed by atoms with van der Waals surface area (Å²) in [6, 6.07) is 6.95. The maximum Gasteiger partial charge on any atom is 0.303 e. The van der Waals surface area contributed by atoms with Crippen LogP contribution in [0, 0.1) is 0 Å². The highest BCUT2D eigenvalue weighted by Gasteiger charge is 2.16. The summed E-state index contributed by atoms with van der Waals surface area (Å²) in [5.74, 6) is -0.347. The summed E-state index contributed by atoms with van der Waals surface area (Å²) in [4.78, 5) is 14.7. The fraction of sp³-hybridized carbons (Fsp3) is 0.286. The Morgan fingerprint density at radius 1 is 1.45 bits per heavy atom. The highest BCUT2D eigenvalue weighted by atomic mass is 35.5. The summed E-state index contributed by atoms with van der Waals surface area (Å²) in [7, 11) is 0. The second kappa shape index (κ2) is 6.54. The first kappa shape index (κ1) is 14.6. The van der Waals surface area contributed by atoms with Crippen LogP contribution in [-0.4, -0.2) is 25.7 Å². The van der Waals surface area contributed by atoms with Crippen LogP contribution in [0.3, 0.4) is 0 Å². The normalized spacial score (nSPS) is 12.3. The number of nitrogens with zero attached hydrogens (tertiary/aromatic N) is 2. The Kier molecular flexibility index (Phi) is 4.76. The monoisotopic (exact) mass is 294 g/mol. The molecule has 20 heavy (non-hydrogen) atoms. The predicted molar refractivity (Wildman–Crippen MR) is 74.6 cm³/mol. The van der Waals surface area contributed by atoms with Gasteiger partial charge in [-0.15, -0.1) is 0 Å².